The molecule has 0 aliphatic heterocycles. The Morgan fingerprint density at radius 1 is 0.263 bits per heavy atom. The zero-order chi connectivity index (χ0) is 57.8. The molecule has 0 saturated heterocycles. The molecule has 0 aromatic rings. The maximum Gasteiger partial charge on any atom is 0.306 e. The molecule has 0 N–H and O–H groups in total. The highest BCUT2D eigenvalue weighted by molar-refractivity contribution is 5.71. The summed E-state index contributed by atoms with van der Waals surface area (Å²) >= 11 is 0. The molecule has 80 heavy (non-hydrogen) atoms. The van der Waals surface area contributed by atoms with Crippen LogP contribution in [-0.2, 0) is 28.6 Å². The largest absolute Gasteiger partial charge is 0.462 e. The number of carbonyl (C=O) groups is 3. The van der Waals surface area contributed by atoms with Gasteiger partial charge in [-0.1, -0.05) is 311 Å². The number of hydrogen-bond donors (Lipinski definition) is 0. The normalized spacial score (nSPS) is 12.7. The van der Waals surface area contributed by atoms with Gasteiger partial charge in [-0.3, -0.25) is 14.4 Å². The van der Waals surface area contributed by atoms with Gasteiger partial charge in [0.05, 0.1) is 0 Å². The van der Waals surface area contributed by atoms with Crippen LogP contribution in [0.2, 0.25) is 0 Å². The summed E-state index contributed by atoms with van der Waals surface area (Å²) in [6.45, 7) is 6.52. The van der Waals surface area contributed by atoms with Crippen LogP contribution in [0.15, 0.2) is 97.2 Å². The smallest absolute Gasteiger partial charge is 0.306 e. The molecule has 0 radical (unpaired) electrons. The molecule has 0 rings (SSSR count). The van der Waals surface area contributed by atoms with Gasteiger partial charge in [-0.15, -0.1) is 0 Å². The number of carbonyl (C=O) groups excluding carboxylic acids is 3. The highest BCUT2D eigenvalue weighted by atomic mass is 16.6. The first-order chi connectivity index (χ1) is 39.5. The van der Waals surface area contributed by atoms with Gasteiger partial charge in [-0.05, 0) is 103 Å². The second kappa shape index (κ2) is 67.8. The molecule has 0 aromatic carbocycles. The van der Waals surface area contributed by atoms with Crippen LogP contribution in [-0.4, -0.2) is 37.2 Å². The molecule has 0 bridgehead atoms. The monoisotopic (exact) mass is 1110 g/mol. The summed E-state index contributed by atoms with van der Waals surface area (Å²) in [5.74, 6) is -0.899. The summed E-state index contributed by atoms with van der Waals surface area (Å²) in [6, 6.07) is 0. The molecule has 0 amide bonds. The molecule has 1 atom stereocenters. The average Bonchev–Trinajstić information content (AvgIpc) is 3.46. The van der Waals surface area contributed by atoms with E-state index in [-0.39, 0.29) is 31.1 Å². The average molecular weight is 1110 g/mol. The van der Waals surface area contributed by atoms with E-state index in [2.05, 4.69) is 118 Å². The highest BCUT2D eigenvalue weighted by Gasteiger charge is 2.19. The van der Waals surface area contributed by atoms with E-state index in [4.69, 9.17) is 14.2 Å². The summed E-state index contributed by atoms with van der Waals surface area (Å²) in [4.78, 5) is 38.4. The lowest BCUT2D eigenvalue weighted by Crippen LogP contribution is -2.30. The third kappa shape index (κ3) is 65.1. The van der Waals surface area contributed by atoms with E-state index in [0.717, 1.165) is 128 Å². The van der Waals surface area contributed by atoms with Gasteiger partial charge in [0.2, 0.25) is 0 Å². The van der Waals surface area contributed by atoms with Gasteiger partial charge in [0, 0.05) is 19.3 Å². The lowest BCUT2D eigenvalue weighted by Gasteiger charge is -2.18. The van der Waals surface area contributed by atoms with E-state index < -0.39 is 6.10 Å². The van der Waals surface area contributed by atoms with Crippen molar-refractivity contribution in [2.75, 3.05) is 13.2 Å². The number of allylic oxidation sites excluding steroid dienone is 16. The van der Waals surface area contributed by atoms with Crippen molar-refractivity contribution in [2.24, 2.45) is 0 Å². The first kappa shape index (κ1) is 76.3. The fourth-order valence-electron chi connectivity index (χ4n) is 9.71. The quantitative estimate of drug-likeness (QED) is 0.0261. The Morgan fingerprint density at radius 2 is 0.487 bits per heavy atom. The molecule has 0 aromatic heterocycles. The van der Waals surface area contributed by atoms with Crippen LogP contribution in [0.25, 0.3) is 0 Å². The molecule has 6 nitrogen and oxygen atoms in total. The maximum atomic E-state index is 12.9. The number of rotatable bonds is 62. The minimum Gasteiger partial charge on any atom is -0.462 e. The van der Waals surface area contributed by atoms with Gasteiger partial charge in [0.15, 0.2) is 6.10 Å². The van der Waals surface area contributed by atoms with Crippen molar-refractivity contribution in [1.82, 2.24) is 0 Å². The SMILES string of the molecule is CC/C=C\C/C=C\C/C=C\C/C=C\C/C=C\C/C=C\C/C=C\CCCCCCCC(=O)OCC(COC(=O)CCCCCCC/C=C\CCCCC)OC(=O)CCCCCCCCCCCCCCCCCCCCCCCCC. The van der Waals surface area contributed by atoms with Crippen molar-refractivity contribution in [3.63, 3.8) is 0 Å². The van der Waals surface area contributed by atoms with Gasteiger partial charge in [0.1, 0.15) is 13.2 Å². The van der Waals surface area contributed by atoms with E-state index in [1.54, 1.807) is 0 Å². The fourth-order valence-corrected chi connectivity index (χ4v) is 9.71. The summed E-state index contributed by atoms with van der Waals surface area (Å²) in [6.07, 6.45) is 91.4. The van der Waals surface area contributed by atoms with Gasteiger partial charge >= 0.3 is 17.9 Å². The third-order valence-corrected chi connectivity index (χ3v) is 14.8. The first-order valence-corrected chi connectivity index (χ1v) is 34.2. The zero-order valence-corrected chi connectivity index (χ0v) is 52.8. The topological polar surface area (TPSA) is 78.9 Å². The van der Waals surface area contributed by atoms with Crippen LogP contribution in [0.1, 0.15) is 335 Å². The second-order valence-electron chi connectivity index (χ2n) is 22.7. The predicted octanol–water partition coefficient (Wildman–Crippen LogP) is 23.6. The van der Waals surface area contributed by atoms with Crippen LogP contribution in [0.3, 0.4) is 0 Å². The molecule has 0 aliphatic rings. The molecule has 0 saturated carbocycles. The number of ether oxygens (including phenoxy) is 3. The molecule has 0 spiro atoms. The summed E-state index contributed by atoms with van der Waals surface area (Å²) < 4.78 is 16.9. The van der Waals surface area contributed by atoms with E-state index in [1.807, 2.05) is 0 Å². The van der Waals surface area contributed by atoms with Crippen LogP contribution in [0.5, 0.6) is 0 Å². The lowest BCUT2D eigenvalue weighted by atomic mass is 10.0. The maximum absolute atomic E-state index is 12.9. The predicted molar refractivity (Wildman–Crippen MR) is 348 cm³/mol. The molecule has 1 unspecified atom stereocenters. The summed E-state index contributed by atoms with van der Waals surface area (Å²) in [5, 5.41) is 0. The Morgan fingerprint density at radius 3 is 0.800 bits per heavy atom. The lowest BCUT2D eigenvalue weighted by molar-refractivity contribution is -0.167. The summed E-state index contributed by atoms with van der Waals surface area (Å²) in [7, 11) is 0. The van der Waals surface area contributed by atoms with Crippen molar-refractivity contribution in [1.29, 1.82) is 0 Å². The van der Waals surface area contributed by atoms with Crippen molar-refractivity contribution in [2.45, 2.75) is 341 Å². The Bertz CT molecular complexity index is 1560. The number of esters is 3. The van der Waals surface area contributed by atoms with Gasteiger partial charge < -0.3 is 14.2 Å². The second-order valence-corrected chi connectivity index (χ2v) is 22.7. The minimum absolute atomic E-state index is 0.0856. The van der Waals surface area contributed by atoms with Crippen LogP contribution in [0, 0.1) is 0 Å². The number of unbranched alkanes of at least 4 members (excludes halogenated alkanes) is 35. The van der Waals surface area contributed by atoms with Gasteiger partial charge in [0.25, 0.3) is 0 Å². The molecule has 6 heteroatoms. The van der Waals surface area contributed by atoms with E-state index in [1.165, 1.54) is 167 Å². The number of hydrogen-bond acceptors (Lipinski definition) is 6. The fraction of sp³-hybridized carbons (Fsp3) is 0.743. The summed E-state index contributed by atoms with van der Waals surface area (Å²) in [5.41, 5.74) is 0. The highest BCUT2D eigenvalue weighted by Crippen LogP contribution is 2.17. The van der Waals surface area contributed by atoms with E-state index in [9.17, 15) is 14.4 Å². The van der Waals surface area contributed by atoms with Gasteiger partial charge in [-0.25, -0.2) is 0 Å². The van der Waals surface area contributed by atoms with Crippen LogP contribution < -0.4 is 0 Å². The first-order valence-electron chi connectivity index (χ1n) is 34.2. The van der Waals surface area contributed by atoms with Gasteiger partial charge in [-0.2, -0.15) is 0 Å². The standard InChI is InChI=1S/C74H128O6/c1-4-7-10-13-16-19-22-25-27-29-31-33-35-36-37-38-40-41-43-45-47-49-52-55-58-61-64-67-73(76)79-70-71(69-78-72(75)66-63-60-57-54-51-24-21-18-15-12-9-6-3)80-74(77)68-65-62-59-56-53-50-48-46-44-42-39-34-32-30-28-26-23-20-17-14-11-8-5-2/h7,10,16,18-19,21,25,27,31,33,36-37,40-41,45,47,71H,4-6,8-9,11-15,17,20,22-24,26,28-30,32,34-35,38-39,42-44,46,48-70H2,1-3H3/b10-7-,19-16-,21-18-,27-25-,33-31-,37-36-,41-40-,47-45-. The Hall–Kier alpha value is -3.67. The molecule has 0 aliphatic carbocycles. The van der Waals surface area contributed by atoms with Crippen molar-refractivity contribution >= 4 is 17.9 Å². The molecular weight excluding hydrogens is 985 g/mol. The van der Waals surface area contributed by atoms with E-state index >= 15 is 0 Å². The Labute approximate surface area is 496 Å². The van der Waals surface area contributed by atoms with E-state index in [0.29, 0.717) is 19.3 Å². The Balaban J connectivity index is 4.32. The van der Waals surface area contributed by atoms with Crippen molar-refractivity contribution in [3.05, 3.63) is 97.2 Å². The van der Waals surface area contributed by atoms with Crippen LogP contribution in [0.4, 0.5) is 0 Å². The van der Waals surface area contributed by atoms with Crippen LogP contribution >= 0.6 is 0 Å². The third-order valence-electron chi connectivity index (χ3n) is 14.8. The molecule has 0 fully saturated rings. The van der Waals surface area contributed by atoms with Crippen molar-refractivity contribution < 1.29 is 28.6 Å². The molecular formula is C74H128O6. The Kier molecular flexibility index (Phi) is 64.7. The molecule has 0 heterocycles. The minimum atomic E-state index is -0.789. The molecule has 460 valence electrons. The zero-order valence-electron chi connectivity index (χ0n) is 52.8. The van der Waals surface area contributed by atoms with Crippen molar-refractivity contribution in [3.8, 4) is 0 Å².